The zero-order chi connectivity index (χ0) is 33.7. The lowest BCUT2D eigenvalue weighted by atomic mass is 10.1. The Labute approximate surface area is 268 Å². The molecule has 14 nitrogen and oxygen atoms in total. The van der Waals surface area contributed by atoms with Crippen molar-refractivity contribution in [1.29, 1.82) is 0 Å². The molecule has 1 N–H and O–H groups in total. The molecule has 0 bridgehead atoms. The summed E-state index contributed by atoms with van der Waals surface area (Å²) in [6, 6.07) is 7.42. The monoisotopic (exact) mass is 660 g/mol. The van der Waals surface area contributed by atoms with Crippen LogP contribution >= 0.6 is 11.6 Å². The third-order valence-corrected chi connectivity index (χ3v) is 6.20. The van der Waals surface area contributed by atoms with Gasteiger partial charge < -0.3 is 29.0 Å². The van der Waals surface area contributed by atoms with Crippen molar-refractivity contribution in [2.45, 2.75) is 83.8 Å². The summed E-state index contributed by atoms with van der Waals surface area (Å²) in [6.07, 6.45) is 15.0. The largest absolute Gasteiger partial charge is 0.493 e. The highest BCUT2D eigenvalue weighted by Gasteiger charge is 2.22. The van der Waals surface area contributed by atoms with Crippen molar-refractivity contribution in [2.75, 3.05) is 26.4 Å². The molecular formula is C30H45ClN2O12. The van der Waals surface area contributed by atoms with Crippen LogP contribution in [0.5, 0.6) is 5.75 Å². The first-order valence-corrected chi connectivity index (χ1v) is 15.1. The van der Waals surface area contributed by atoms with Gasteiger partial charge in [-0.15, -0.1) is 20.2 Å². The molecule has 0 radical (unpaired) electrons. The van der Waals surface area contributed by atoms with Gasteiger partial charge in [0.15, 0.2) is 6.10 Å². The zero-order valence-electron chi connectivity index (χ0n) is 25.8. The third-order valence-electron chi connectivity index (χ3n) is 5.96. The number of allylic oxidation sites excluding steroid dienone is 2. The first-order chi connectivity index (χ1) is 21.6. The van der Waals surface area contributed by atoms with Gasteiger partial charge in [-0.05, 0) is 57.2 Å². The second kappa shape index (κ2) is 27.6. The summed E-state index contributed by atoms with van der Waals surface area (Å²) in [5, 5.41) is 28.1. The van der Waals surface area contributed by atoms with E-state index in [1.807, 2.05) is 24.3 Å². The number of halogens is 1. The smallest absolute Gasteiger partial charge is 0.306 e. The Morgan fingerprint density at radius 3 is 2.44 bits per heavy atom. The highest BCUT2D eigenvalue weighted by molar-refractivity contribution is 6.30. The Hall–Kier alpha value is -3.91. The van der Waals surface area contributed by atoms with Gasteiger partial charge in [-0.3, -0.25) is 9.59 Å². The minimum atomic E-state index is -1.14. The third kappa shape index (κ3) is 25.2. The Bertz CT molecular complexity index is 1020. The summed E-state index contributed by atoms with van der Waals surface area (Å²) in [5.41, 5.74) is 0. The molecule has 2 unspecified atom stereocenters. The molecule has 0 aromatic heterocycles. The lowest BCUT2D eigenvalue weighted by molar-refractivity contribution is -0.759. The number of aliphatic hydroxyl groups is 1. The lowest BCUT2D eigenvalue weighted by Gasteiger charge is -2.15. The number of carbonyl (C=O) groups is 2. The summed E-state index contributed by atoms with van der Waals surface area (Å²) in [6.45, 7) is 3.70. The average molecular weight is 661 g/mol. The molecule has 0 amide bonds. The molecule has 15 heteroatoms. The number of hydrogen-bond acceptors (Lipinski definition) is 12. The van der Waals surface area contributed by atoms with Gasteiger partial charge >= 0.3 is 5.97 Å². The molecule has 45 heavy (non-hydrogen) atoms. The number of carbonyl (C=O) groups excluding carboxylic acids is 2. The van der Waals surface area contributed by atoms with Crippen molar-refractivity contribution in [3.8, 4) is 5.75 Å². The summed E-state index contributed by atoms with van der Waals surface area (Å²) in [5.74, 6) is 0.358. The van der Waals surface area contributed by atoms with E-state index in [-0.39, 0.29) is 32.0 Å². The van der Waals surface area contributed by atoms with Crippen LogP contribution in [0.2, 0.25) is 5.02 Å². The quantitative estimate of drug-likeness (QED) is 0.0440. The maximum Gasteiger partial charge on any atom is 0.306 e. The number of esters is 1. The molecule has 1 aliphatic rings. The zero-order valence-corrected chi connectivity index (χ0v) is 26.6. The van der Waals surface area contributed by atoms with E-state index in [2.05, 4.69) is 52.6 Å². The predicted molar refractivity (Wildman–Crippen MR) is 165 cm³/mol. The number of hydrogen-bond donors (Lipinski definition) is 1. The Morgan fingerprint density at radius 1 is 1.09 bits per heavy atom. The van der Waals surface area contributed by atoms with E-state index in [4.69, 9.17) is 21.1 Å². The molecular weight excluding hydrogens is 616 g/mol. The topological polar surface area (TPSA) is 187 Å². The molecule has 0 spiro atoms. The second-order valence-electron chi connectivity index (χ2n) is 9.62. The van der Waals surface area contributed by atoms with Crippen LogP contribution in [0, 0.1) is 26.1 Å². The fraction of sp³-hybridized carbons (Fsp3) is 0.600. The van der Waals surface area contributed by atoms with Crippen LogP contribution in [0.1, 0.15) is 71.6 Å². The molecule has 1 fully saturated rings. The molecule has 3 atom stereocenters. The Balaban J connectivity index is 0.000000714. The van der Waals surface area contributed by atoms with Crippen molar-refractivity contribution in [1.82, 2.24) is 0 Å². The second-order valence-corrected chi connectivity index (χ2v) is 10.1. The number of rotatable bonds is 20. The van der Waals surface area contributed by atoms with Crippen LogP contribution in [0.15, 0.2) is 48.6 Å². The minimum absolute atomic E-state index is 0.0250. The van der Waals surface area contributed by atoms with Gasteiger partial charge in [-0.2, -0.15) is 0 Å². The van der Waals surface area contributed by atoms with Crippen molar-refractivity contribution in [3.05, 3.63) is 73.8 Å². The lowest BCUT2D eigenvalue weighted by Crippen LogP contribution is -2.29. The number of aliphatic hydroxyl groups excluding tert-OH is 1. The fourth-order valence-corrected chi connectivity index (χ4v) is 3.94. The highest BCUT2D eigenvalue weighted by atomic mass is 35.5. The summed E-state index contributed by atoms with van der Waals surface area (Å²) < 4.78 is 14.6. The molecule has 0 saturated heterocycles. The fourth-order valence-electron chi connectivity index (χ4n) is 3.76. The van der Waals surface area contributed by atoms with E-state index in [9.17, 15) is 34.9 Å². The predicted octanol–water partition coefficient (Wildman–Crippen LogP) is 5.85. The number of unbranched alkanes of at least 4 members (excludes halogenated alkanes) is 2. The number of benzene rings is 1. The van der Waals surface area contributed by atoms with Crippen LogP contribution in [0.25, 0.3) is 0 Å². The Morgan fingerprint density at radius 2 is 1.84 bits per heavy atom. The average Bonchev–Trinajstić information content (AvgIpc) is 3.41. The van der Waals surface area contributed by atoms with Crippen molar-refractivity contribution >= 4 is 24.0 Å². The van der Waals surface area contributed by atoms with Gasteiger partial charge in [0.25, 0.3) is 16.6 Å². The summed E-state index contributed by atoms with van der Waals surface area (Å²) in [7, 11) is 0. The van der Waals surface area contributed by atoms with Gasteiger partial charge in [0.05, 0.1) is 19.3 Å². The Kier molecular flexibility index (Phi) is 25.2. The maximum atomic E-state index is 11.3. The van der Waals surface area contributed by atoms with E-state index in [0.29, 0.717) is 17.5 Å². The van der Waals surface area contributed by atoms with Crippen molar-refractivity contribution in [3.63, 3.8) is 0 Å². The molecule has 1 aliphatic carbocycles. The summed E-state index contributed by atoms with van der Waals surface area (Å²) in [4.78, 5) is 49.1. The molecule has 2 rings (SSSR count). The van der Waals surface area contributed by atoms with E-state index in [1.165, 1.54) is 19.3 Å². The highest BCUT2D eigenvalue weighted by Crippen LogP contribution is 2.26. The van der Waals surface area contributed by atoms with Gasteiger partial charge in [0, 0.05) is 17.4 Å². The van der Waals surface area contributed by atoms with Crippen LogP contribution in [0.3, 0.4) is 0 Å². The van der Waals surface area contributed by atoms with Gasteiger partial charge in [0.2, 0.25) is 0 Å². The van der Waals surface area contributed by atoms with E-state index in [0.717, 1.165) is 31.4 Å². The molecule has 0 aliphatic heterocycles. The molecule has 0 heterocycles. The van der Waals surface area contributed by atoms with Crippen molar-refractivity contribution in [2.24, 2.45) is 5.92 Å². The standard InChI is InChI=1S/C15H19ClO2.C8H12N2O10.C7H14/c16-13-7-4-8-14(11-13)18-10-2-1-5-12-6-3-9-15(12)17;11-6-17-4-7(5-19-10(15)16)20-8(12)2-1-3-18-9(13)14;1-3-5-7-6-4-2/h1,4-5,7-8,11-12,15,17H,2-3,6,9-10H2;6-7H,1-5H2;3,5H,4,6-7H2,1-2H3/b5-1+;;5-3-/t12?,15-;;/m1../s1. The molecule has 254 valence electrons. The van der Waals surface area contributed by atoms with Crippen molar-refractivity contribution < 1.29 is 48.8 Å². The first-order valence-electron chi connectivity index (χ1n) is 14.8. The van der Waals surface area contributed by atoms with Crippen LogP contribution in [0.4, 0.5) is 0 Å². The molecule has 1 aromatic rings. The SMILES string of the molecule is C/C=C\CCCC.O=COCC(CO[N+](=O)[O-])OC(=O)CCCO[N+](=O)[O-].O[C@@H]1CCCC1/C=C/CCOc1cccc(Cl)c1. The van der Waals surface area contributed by atoms with Crippen LogP contribution < -0.4 is 4.74 Å². The normalized spacial score (nSPS) is 16.0. The maximum absolute atomic E-state index is 11.3. The molecule has 1 aromatic carbocycles. The van der Waals surface area contributed by atoms with E-state index >= 15 is 0 Å². The summed E-state index contributed by atoms with van der Waals surface area (Å²) >= 11 is 5.87. The number of nitrogens with zero attached hydrogens (tertiary/aromatic N) is 2. The number of ether oxygens (including phenoxy) is 3. The van der Waals surface area contributed by atoms with Gasteiger partial charge in [-0.25, -0.2) is 0 Å². The first kappa shape index (κ1) is 41.1. The van der Waals surface area contributed by atoms with E-state index in [1.54, 1.807) is 0 Å². The molecule has 1 saturated carbocycles. The van der Waals surface area contributed by atoms with Gasteiger partial charge in [0.1, 0.15) is 19.0 Å². The minimum Gasteiger partial charge on any atom is -0.493 e. The van der Waals surface area contributed by atoms with E-state index < -0.39 is 35.5 Å². The van der Waals surface area contributed by atoms with Gasteiger partial charge in [-0.1, -0.05) is 68.2 Å². The van der Waals surface area contributed by atoms with Crippen LogP contribution in [-0.2, 0) is 28.7 Å². The van der Waals surface area contributed by atoms with Crippen LogP contribution in [-0.4, -0.2) is 66.4 Å².